The molecular weight excluding hydrogens is 441 g/mol. The number of halogens is 1. The van der Waals surface area contributed by atoms with E-state index in [4.69, 9.17) is 4.52 Å². The third kappa shape index (κ3) is 4.86. The van der Waals surface area contributed by atoms with Gasteiger partial charge in [0.2, 0.25) is 5.89 Å². The maximum Gasteiger partial charge on any atom is 0.257 e. The van der Waals surface area contributed by atoms with E-state index in [0.717, 1.165) is 0 Å². The number of aliphatic hydroxyl groups excluding tert-OH is 1. The number of carbonyl (C=O) groups is 2. The Balaban J connectivity index is 1.86. The van der Waals surface area contributed by atoms with Crippen molar-refractivity contribution in [2.24, 2.45) is 13.0 Å². The molecule has 0 aliphatic rings. The molecule has 0 saturated carbocycles. The average molecular weight is 472 g/mol. The van der Waals surface area contributed by atoms with Gasteiger partial charge in [0, 0.05) is 18.4 Å². The highest BCUT2D eigenvalue weighted by atomic mass is 19.1. The molecule has 0 aliphatic heterocycles. The zero-order valence-corrected chi connectivity index (χ0v) is 20.4. The number of aryl methyl sites for hydroxylation is 2. The summed E-state index contributed by atoms with van der Waals surface area (Å²) >= 11 is 0. The second-order valence-corrected chi connectivity index (χ2v) is 8.76. The van der Waals surface area contributed by atoms with Crippen LogP contribution in [0.25, 0.3) is 0 Å². The molecule has 182 valence electrons. The zero-order valence-electron chi connectivity index (χ0n) is 20.4. The number of amides is 2. The Labute approximate surface area is 197 Å². The summed E-state index contributed by atoms with van der Waals surface area (Å²) in [6.45, 7) is 10.5. The van der Waals surface area contributed by atoms with E-state index in [0.29, 0.717) is 39.6 Å². The van der Waals surface area contributed by atoms with Crippen LogP contribution in [0, 0.1) is 39.4 Å². The van der Waals surface area contributed by atoms with Gasteiger partial charge in [-0.3, -0.25) is 9.59 Å². The minimum Gasteiger partial charge on any atom is -0.377 e. The van der Waals surface area contributed by atoms with Crippen LogP contribution in [0.1, 0.15) is 70.6 Å². The fourth-order valence-corrected chi connectivity index (χ4v) is 3.95. The number of aliphatic hydroxyl groups is 1. The van der Waals surface area contributed by atoms with Crippen molar-refractivity contribution >= 4 is 17.5 Å². The predicted octanol–water partition coefficient (Wildman–Crippen LogP) is 3.58. The predicted molar refractivity (Wildman–Crippen MR) is 124 cm³/mol. The highest BCUT2D eigenvalue weighted by Gasteiger charge is 2.32. The SMILES string of the molecule is Cc1noc([C@@H](NC(=O)C(O)c2c(C)c(C(=O)Nc3ccc(F)c(C)c3)c(C)n2C)C(C)C)n1. The summed E-state index contributed by atoms with van der Waals surface area (Å²) in [5, 5.41) is 20.2. The molecule has 0 fully saturated rings. The summed E-state index contributed by atoms with van der Waals surface area (Å²) in [4.78, 5) is 30.2. The highest BCUT2D eigenvalue weighted by molar-refractivity contribution is 6.06. The molecule has 3 rings (SSSR count). The summed E-state index contributed by atoms with van der Waals surface area (Å²) < 4.78 is 20.4. The summed E-state index contributed by atoms with van der Waals surface area (Å²) in [7, 11) is 1.67. The van der Waals surface area contributed by atoms with E-state index >= 15 is 0 Å². The van der Waals surface area contributed by atoms with Crippen LogP contribution in [0.5, 0.6) is 0 Å². The molecule has 1 unspecified atom stereocenters. The fourth-order valence-electron chi connectivity index (χ4n) is 3.95. The van der Waals surface area contributed by atoms with E-state index in [1.807, 2.05) is 13.8 Å². The quantitative estimate of drug-likeness (QED) is 0.484. The number of benzene rings is 1. The van der Waals surface area contributed by atoms with Crippen LogP contribution in [-0.4, -0.2) is 31.6 Å². The molecular formula is C24H30FN5O4. The van der Waals surface area contributed by atoms with Crippen LogP contribution < -0.4 is 10.6 Å². The van der Waals surface area contributed by atoms with Gasteiger partial charge in [-0.05, 0) is 62.9 Å². The first kappa shape index (κ1) is 25.1. The monoisotopic (exact) mass is 471 g/mol. The molecule has 0 spiro atoms. The third-order valence-corrected chi connectivity index (χ3v) is 5.91. The molecule has 2 aromatic heterocycles. The second-order valence-electron chi connectivity index (χ2n) is 8.76. The first-order chi connectivity index (χ1) is 15.9. The fraction of sp³-hybridized carbons (Fsp3) is 0.417. The Kier molecular flexibility index (Phi) is 7.21. The Bertz CT molecular complexity index is 1230. The van der Waals surface area contributed by atoms with Gasteiger partial charge in [-0.1, -0.05) is 19.0 Å². The molecule has 1 aromatic carbocycles. The summed E-state index contributed by atoms with van der Waals surface area (Å²) in [6.07, 6.45) is -1.54. The average Bonchev–Trinajstić information content (AvgIpc) is 3.28. The van der Waals surface area contributed by atoms with Gasteiger partial charge in [0.1, 0.15) is 11.9 Å². The smallest absolute Gasteiger partial charge is 0.257 e. The maximum atomic E-state index is 13.6. The van der Waals surface area contributed by atoms with Crippen molar-refractivity contribution in [3.05, 3.63) is 63.8 Å². The van der Waals surface area contributed by atoms with Crippen molar-refractivity contribution in [1.29, 1.82) is 0 Å². The van der Waals surface area contributed by atoms with E-state index in [-0.39, 0.29) is 17.6 Å². The van der Waals surface area contributed by atoms with Crippen molar-refractivity contribution in [2.45, 2.75) is 53.7 Å². The number of hydrogen-bond acceptors (Lipinski definition) is 6. The van der Waals surface area contributed by atoms with Gasteiger partial charge >= 0.3 is 0 Å². The molecule has 34 heavy (non-hydrogen) atoms. The second kappa shape index (κ2) is 9.76. The number of rotatable bonds is 7. The molecule has 0 radical (unpaired) electrons. The molecule has 2 atom stereocenters. The van der Waals surface area contributed by atoms with E-state index in [1.165, 1.54) is 18.2 Å². The lowest BCUT2D eigenvalue weighted by Crippen LogP contribution is -2.36. The van der Waals surface area contributed by atoms with Crippen LogP contribution in [0.4, 0.5) is 10.1 Å². The number of carbonyl (C=O) groups excluding carboxylic acids is 2. The van der Waals surface area contributed by atoms with Crippen LogP contribution in [0.2, 0.25) is 0 Å². The maximum absolute atomic E-state index is 13.6. The van der Waals surface area contributed by atoms with Crippen LogP contribution in [-0.2, 0) is 11.8 Å². The summed E-state index contributed by atoms with van der Waals surface area (Å²) in [5.74, 6) is -0.820. The first-order valence-electron chi connectivity index (χ1n) is 10.9. The number of nitrogens with one attached hydrogen (secondary N) is 2. The van der Waals surface area contributed by atoms with Gasteiger partial charge in [0.05, 0.1) is 11.3 Å². The minimum absolute atomic E-state index is 0.0762. The largest absolute Gasteiger partial charge is 0.377 e. The number of aromatic nitrogens is 3. The minimum atomic E-state index is -1.54. The number of hydrogen-bond donors (Lipinski definition) is 3. The molecule has 3 aromatic rings. The van der Waals surface area contributed by atoms with Crippen molar-refractivity contribution in [2.75, 3.05) is 5.32 Å². The molecule has 0 bridgehead atoms. The number of anilines is 1. The van der Waals surface area contributed by atoms with Crippen LogP contribution in [0.3, 0.4) is 0 Å². The van der Waals surface area contributed by atoms with Gasteiger partial charge in [-0.25, -0.2) is 4.39 Å². The molecule has 0 aliphatic carbocycles. The normalized spacial score (nSPS) is 13.1. The van der Waals surface area contributed by atoms with E-state index < -0.39 is 24.0 Å². The summed E-state index contributed by atoms with van der Waals surface area (Å²) in [6, 6.07) is 3.71. The lowest BCUT2D eigenvalue weighted by atomic mass is 10.0. The lowest BCUT2D eigenvalue weighted by molar-refractivity contribution is -0.131. The Morgan fingerprint density at radius 1 is 1.18 bits per heavy atom. The van der Waals surface area contributed by atoms with Gasteiger partial charge < -0.3 is 24.8 Å². The highest BCUT2D eigenvalue weighted by Crippen LogP contribution is 2.29. The van der Waals surface area contributed by atoms with Crippen molar-refractivity contribution < 1.29 is 23.6 Å². The standard InChI is InChI=1S/C24H30FN5O4/c1-11(2)19(24-26-15(6)29-34-24)28-23(33)21(31)20-13(4)18(14(5)30(20)7)22(32)27-16-8-9-17(25)12(3)10-16/h8-11,19,21,31H,1-7H3,(H,27,32)(H,28,33)/t19-,21?/m0/s1. The first-order valence-corrected chi connectivity index (χ1v) is 10.9. The Hall–Kier alpha value is -3.53. The Morgan fingerprint density at radius 2 is 1.85 bits per heavy atom. The van der Waals surface area contributed by atoms with Gasteiger partial charge in [-0.2, -0.15) is 4.98 Å². The third-order valence-electron chi connectivity index (χ3n) is 5.91. The number of nitrogens with zero attached hydrogens (tertiary/aromatic N) is 3. The van der Waals surface area contributed by atoms with Gasteiger partial charge in [0.25, 0.3) is 11.8 Å². The van der Waals surface area contributed by atoms with E-state index in [9.17, 15) is 19.1 Å². The van der Waals surface area contributed by atoms with Gasteiger partial charge in [-0.15, -0.1) is 0 Å². The molecule has 2 heterocycles. The Morgan fingerprint density at radius 3 is 2.41 bits per heavy atom. The van der Waals surface area contributed by atoms with Crippen molar-refractivity contribution in [1.82, 2.24) is 20.0 Å². The van der Waals surface area contributed by atoms with Crippen molar-refractivity contribution in [3.8, 4) is 0 Å². The molecule has 0 saturated heterocycles. The van der Waals surface area contributed by atoms with Crippen molar-refractivity contribution in [3.63, 3.8) is 0 Å². The van der Waals surface area contributed by atoms with Crippen LogP contribution >= 0.6 is 0 Å². The van der Waals surface area contributed by atoms with E-state index in [2.05, 4.69) is 20.8 Å². The molecule has 2 amide bonds. The molecule has 9 nitrogen and oxygen atoms in total. The van der Waals surface area contributed by atoms with Gasteiger partial charge in [0.15, 0.2) is 11.9 Å². The zero-order chi connectivity index (χ0) is 25.3. The lowest BCUT2D eigenvalue weighted by Gasteiger charge is -2.21. The topological polar surface area (TPSA) is 122 Å². The molecule has 3 N–H and O–H groups in total. The van der Waals surface area contributed by atoms with E-state index in [1.54, 1.807) is 39.3 Å². The molecule has 10 heteroatoms. The van der Waals surface area contributed by atoms with Crippen LogP contribution in [0.15, 0.2) is 22.7 Å². The summed E-state index contributed by atoms with van der Waals surface area (Å²) in [5.41, 5.74) is 2.51.